The van der Waals surface area contributed by atoms with Crippen LogP contribution in [0.5, 0.6) is 0 Å². The first-order chi connectivity index (χ1) is 8.19. The van der Waals surface area contributed by atoms with Gasteiger partial charge in [-0.2, -0.15) is 0 Å². The van der Waals surface area contributed by atoms with Gasteiger partial charge in [0.15, 0.2) is 0 Å². The van der Waals surface area contributed by atoms with Crippen LogP contribution in [0.4, 0.5) is 0 Å². The Hall–Kier alpha value is -0.830. The van der Waals surface area contributed by atoms with E-state index in [-0.39, 0.29) is 0 Å². The van der Waals surface area contributed by atoms with Crippen LogP contribution in [0.25, 0.3) is 0 Å². The second-order valence-electron chi connectivity index (χ2n) is 5.29. The Balaban J connectivity index is 2.48. The van der Waals surface area contributed by atoms with Crippen molar-refractivity contribution >= 4 is 0 Å². The third kappa shape index (κ3) is 2.25. The van der Waals surface area contributed by atoms with E-state index in [1.807, 2.05) is 0 Å². The van der Waals surface area contributed by atoms with E-state index in [0.29, 0.717) is 12.0 Å². The van der Waals surface area contributed by atoms with Crippen LogP contribution in [0.15, 0.2) is 0 Å². The number of hydrogen-bond acceptors (Lipinski definition) is 2. The highest BCUT2D eigenvalue weighted by Crippen LogP contribution is 2.28. The molecule has 3 nitrogen and oxygen atoms in total. The lowest BCUT2D eigenvalue weighted by Crippen LogP contribution is -2.26. The Morgan fingerprint density at radius 2 is 2.00 bits per heavy atom. The number of fused-ring (bicyclic) bond motifs is 1. The van der Waals surface area contributed by atoms with Crippen molar-refractivity contribution in [2.45, 2.75) is 65.5 Å². The van der Waals surface area contributed by atoms with E-state index in [2.05, 4.69) is 37.6 Å². The van der Waals surface area contributed by atoms with Gasteiger partial charge in [-0.25, -0.2) is 4.98 Å². The molecular weight excluding hydrogens is 210 g/mol. The molecule has 2 rings (SSSR count). The summed E-state index contributed by atoms with van der Waals surface area (Å²) in [5, 5.41) is 3.42. The molecule has 1 aliphatic heterocycles. The summed E-state index contributed by atoms with van der Waals surface area (Å²) >= 11 is 0. The fourth-order valence-corrected chi connectivity index (χ4v) is 2.82. The smallest absolute Gasteiger partial charge is 0.112 e. The van der Waals surface area contributed by atoms with Gasteiger partial charge in [0.2, 0.25) is 0 Å². The fraction of sp³-hybridized carbons (Fsp3) is 0.786. The maximum atomic E-state index is 4.87. The van der Waals surface area contributed by atoms with Crippen LogP contribution >= 0.6 is 0 Å². The van der Waals surface area contributed by atoms with E-state index in [1.54, 1.807) is 0 Å². The van der Waals surface area contributed by atoms with Gasteiger partial charge in [0, 0.05) is 37.2 Å². The highest BCUT2D eigenvalue weighted by molar-refractivity contribution is 5.22. The molecule has 0 atom stereocenters. The third-order valence-corrected chi connectivity index (χ3v) is 3.78. The van der Waals surface area contributed by atoms with E-state index in [9.17, 15) is 0 Å². The lowest BCUT2D eigenvalue weighted by atomic mass is 10.1. The second-order valence-corrected chi connectivity index (χ2v) is 5.29. The maximum Gasteiger partial charge on any atom is 0.112 e. The van der Waals surface area contributed by atoms with Gasteiger partial charge in [0.1, 0.15) is 5.82 Å². The molecule has 0 bridgehead atoms. The van der Waals surface area contributed by atoms with Gasteiger partial charge in [0.25, 0.3) is 0 Å². The van der Waals surface area contributed by atoms with E-state index in [0.717, 1.165) is 19.5 Å². The fourth-order valence-electron chi connectivity index (χ4n) is 2.82. The van der Waals surface area contributed by atoms with Crippen molar-refractivity contribution in [3.05, 3.63) is 17.2 Å². The first-order valence-corrected chi connectivity index (χ1v) is 6.99. The second kappa shape index (κ2) is 5.21. The molecule has 0 amide bonds. The Morgan fingerprint density at radius 1 is 1.29 bits per heavy atom. The highest BCUT2D eigenvalue weighted by Gasteiger charge is 2.24. The molecule has 0 radical (unpaired) electrons. The zero-order valence-corrected chi connectivity index (χ0v) is 11.6. The van der Waals surface area contributed by atoms with Gasteiger partial charge in [-0.1, -0.05) is 27.7 Å². The average molecular weight is 235 g/mol. The monoisotopic (exact) mass is 235 g/mol. The molecule has 0 saturated heterocycles. The zero-order valence-electron chi connectivity index (χ0n) is 11.6. The Labute approximate surface area is 105 Å². The topological polar surface area (TPSA) is 29.9 Å². The van der Waals surface area contributed by atoms with Gasteiger partial charge < -0.3 is 9.88 Å². The summed E-state index contributed by atoms with van der Waals surface area (Å²) in [6.45, 7) is 11.1. The molecule has 0 saturated carbocycles. The summed E-state index contributed by atoms with van der Waals surface area (Å²) in [4.78, 5) is 4.87. The van der Waals surface area contributed by atoms with Crippen molar-refractivity contribution in [2.75, 3.05) is 6.54 Å². The van der Waals surface area contributed by atoms with Crippen molar-refractivity contribution < 1.29 is 0 Å². The van der Waals surface area contributed by atoms with Crippen molar-refractivity contribution in [3.63, 3.8) is 0 Å². The molecule has 1 aromatic rings. The Morgan fingerprint density at radius 3 is 2.59 bits per heavy atom. The molecule has 3 heteroatoms. The molecule has 1 aliphatic rings. The van der Waals surface area contributed by atoms with E-state index in [4.69, 9.17) is 4.98 Å². The predicted molar refractivity (Wildman–Crippen MR) is 71.3 cm³/mol. The Bertz CT molecular complexity index is 375. The number of nitrogens with zero attached hydrogens (tertiary/aromatic N) is 2. The molecule has 0 spiro atoms. The standard InChI is InChI=1S/C14H25N3/c1-5-11(6-2)17-13-7-8-15-9-12(13)16-14(17)10(3)4/h10-11,15H,5-9H2,1-4H3. The van der Waals surface area contributed by atoms with Crippen molar-refractivity contribution in [1.82, 2.24) is 14.9 Å². The summed E-state index contributed by atoms with van der Waals surface area (Å²) in [5.74, 6) is 1.80. The molecule has 0 aromatic carbocycles. The predicted octanol–water partition coefficient (Wildman–Crippen LogP) is 3.01. The molecule has 1 N–H and O–H groups in total. The number of rotatable bonds is 4. The number of imidazole rings is 1. The van der Waals surface area contributed by atoms with Gasteiger partial charge >= 0.3 is 0 Å². The first kappa shape index (κ1) is 12.6. The van der Waals surface area contributed by atoms with E-state index >= 15 is 0 Å². The van der Waals surface area contributed by atoms with Crippen LogP contribution in [0.1, 0.15) is 69.7 Å². The van der Waals surface area contributed by atoms with E-state index in [1.165, 1.54) is 30.1 Å². The minimum absolute atomic E-state index is 0.515. The summed E-state index contributed by atoms with van der Waals surface area (Å²) in [6, 6.07) is 0.627. The summed E-state index contributed by atoms with van der Waals surface area (Å²) in [5.41, 5.74) is 2.77. The summed E-state index contributed by atoms with van der Waals surface area (Å²) in [7, 11) is 0. The minimum atomic E-state index is 0.515. The molecule has 96 valence electrons. The zero-order chi connectivity index (χ0) is 12.4. The highest BCUT2D eigenvalue weighted by atomic mass is 15.1. The number of nitrogens with one attached hydrogen (secondary N) is 1. The lowest BCUT2D eigenvalue weighted by molar-refractivity contribution is 0.429. The molecule has 0 unspecified atom stereocenters. The van der Waals surface area contributed by atoms with Crippen LogP contribution in [0.3, 0.4) is 0 Å². The van der Waals surface area contributed by atoms with E-state index < -0.39 is 0 Å². The van der Waals surface area contributed by atoms with Crippen LogP contribution in [0, 0.1) is 0 Å². The van der Waals surface area contributed by atoms with Gasteiger partial charge in [-0.3, -0.25) is 0 Å². The largest absolute Gasteiger partial charge is 0.328 e. The molecule has 2 heterocycles. The minimum Gasteiger partial charge on any atom is -0.328 e. The molecular formula is C14H25N3. The van der Waals surface area contributed by atoms with Crippen molar-refractivity contribution in [3.8, 4) is 0 Å². The molecule has 0 fully saturated rings. The maximum absolute atomic E-state index is 4.87. The van der Waals surface area contributed by atoms with Gasteiger partial charge in [0.05, 0.1) is 5.69 Å². The lowest BCUT2D eigenvalue weighted by Gasteiger charge is -2.23. The van der Waals surface area contributed by atoms with Crippen LogP contribution in [-0.2, 0) is 13.0 Å². The summed E-state index contributed by atoms with van der Waals surface area (Å²) in [6.07, 6.45) is 3.53. The molecule has 0 aliphatic carbocycles. The van der Waals surface area contributed by atoms with Crippen LogP contribution < -0.4 is 5.32 Å². The van der Waals surface area contributed by atoms with Gasteiger partial charge in [-0.15, -0.1) is 0 Å². The third-order valence-electron chi connectivity index (χ3n) is 3.78. The number of aromatic nitrogens is 2. The van der Waals surface area contributed by atoms with Crippen LogP contribution in [-0.4, -0.2) is 16.1 Å². The van der Waals surface area contributed by atoms with Crippen molar-refractivity contribution in [1.29, 1.82) is 0 Å². The number of hydrogen-bond donors (Lipinski definition) is 1. The van der Waals surface area contributed by atoms with Gasteiger partial charge in [-0.05, 0) is 12.8 Å². The quantitative estimate of drug-likeness (QED) is 0.869. The Kier molecular flexibility index (Phi) is 3.87. The first-order valence-electron chi connectivity index (χ1n) is 6.99. The SMILES string of the molecule is CCC(CC)n1c(C(C)C)nc2c1CCNC2. The van der Waals surface area contributed by atoms with Crippen LogP contribution in [0.2, 0.25) is 0 Å². The normalized spacial score (nSPS) is 15.6. The van der Waals surface area contributed by atoms with Crippen molar-refractivity contribution in [2.24, 2.45) is 0 Å². The molecule has 17 heavy (non-hydrogen) atoms. The molecule has 1 aromatic heterocycles. The summed E-state index contributed by atoms with van der Waals surface area (Å²) < 4.78 is 2.54. The average Bonchev–Trinajstić information content (AvgIpc) is 2.71.